The van der Waals surface area contributed by atoms with Crippen molar-refractivity contribution in [2.45, 2.75) is 123 Å². The van der Waals surface area contributed by atoms with Crippen molar-refractivity contribution in [1.82, 2.24) is 10.1 Å². The zero-order valence-electron chi connectivity index (χ0n) is 21.6. The van der Waals surface area contributed by atoms with Gasteiger partial charge in [0.25, 0.3) is 0 Å². The molecule has 1 aromatic heterocycles. The number of nitrogens with zero attached hydrogens (tertiary/aromatic N) is 2. The molecule has 0 aliphatic heterocycles. The molecule has 0 fully saturated rings. The molecule has 0 radical (unpaired) electrons. The summed E-state index contributed by atoms with van der Waals surface area (Å²) in [6, 6.07) is 0. The quantitative estimate of drug-likeness (QED) is 0.128. The fraction of sp³-hybridized carbons (Fsp3) is 0.875. The lowest BCUT2D eigenvalue weighted by Gasteiger charge is -2.27. The number of hydrogen-bond donors (Lipinski definition) is 0. The Morgan fingerprint density at radius 3 is 2.00 bits per heavy atom. The molecule has 0 spiro atoms. The summed E-state index contributed by atoms with van der Waals surface area (Å²) in [7, 11) is -3.77. The summed E-state index contributed by atoms with van der Waals surface area (Å²) in [5, 5.41) is 4.04. The first-order chi connectivity index (χ1) is 15.6. The van der Waals surface area contributed by atoms with Crippen molar-refractivity contribution in [2.24, 2.45) is 0 Å². The van der Waals surface area contributed by atoms with Gasteiger partial charge < -0.3 is 18.3 Å². The van der Waals surface area contributed by atoms with Gasteiger partial charge in [0.05, 0.1) is 19.6 Å². The van der Waals surface area contributed by atoms with E-state index in [1.165, 1.54) is 44.9 Å². The van der Waals surface area contributed by atoms with Gasteiger partial charge in [0.15, 0.2) is 11.5 Å². The Kier molecular flexibility index (Phi) is 14.1. The first-order valence-electron chi connectivity index (χ1n) is 12.6. The van der Waals surface area contributed by atoms with Crippen LogP contribution in [-0.2, 0) is 36.0 Å². The summed E-state index contributed by atoms with van der Waals surface area (Å²) < 4.78 is 35.1. The van der Waals surface area contributed by atoms with Crippen molar-refractivity contribution in [3.63, 3.8) is 0 Å². The molecule has 0 aromatic carbocycles. The van der Waals surface area contributed by atoms with Crippen molar-refractivity contribution in [1.29, 1.82) is 0 Å². The zero-order chi connectivity index (χ0) is 24.7. The van der Waals surface area contributed by atoms with Gasteiger partial charge in [-0.2, -0.15) is 4.98 Å². The van der Waals surface area contributed by atoms with E-state index in [1.54, 1.807) is 34.6 Å². The topological polar surface area (TPSA) is 101 Å². The van der Waals surface area contributed by atoms with Crippen molar-refractivity contribution in [3.8, 4) is 0 Å². The lowest BCUT2D eigenvalue weighted by atomic mass is 10.1. The molecule has 0 amide bonds. The van der Waals surface area contributed by atoms with Gasteiger partial charge >= 0.3 is 13.6 Å². The Morgan fingerprint density at radius 2 is 1.48 bits per heavy atom. The highest BCUT2D eigenvalue weighted by Crippen LogP contribution is 2.54. The molecule has 0 saturated carbocycles. The van der Waals surface area contributed by atoms with Gasteiger partial charge in [0, 0.05) is 6.42 Å². The van der Waals surface area contributed by atoms with Crippen molar-refractivity contribution >= 4 is 13.6 Å². The lowest BCUT2D eigenvalue weighted by Crippen LogP contribution is -2.34. The maximum absolute atomic E-state index is 13.4. The van der Waals surface area contributed by atoms with Crippen LogP contribution in [0.3, 0.4) is 0 Å². The maximum atomic E-state index is 13.4. The van der Waals surface area contributed by atoms with Gasteiger partial charge in [-0.3, -0.25) is 9.36 Å². The van der Waals surface area contributed by atoms with Crippen LogP contribution in [0.5, 0.6) is 0 Å². The summed E-state index contributed by atoms with van der Waals surface area (Å²) in [6.45, 7) is 11.2. The highest BCUT2D eigenvalue weighted by atomic mass is 31.2. The van der Waals surface area contributed by atoms with E-state index in [0.29, 0.717) is 12.2 Å². The van der Waals surface area contributed by atoms with Crippen LogP contribution >= 0.6 is 7.60 Å². The van der Waals surface area contributed by atoms with Crippen molar-refractivity contribution in [2.75, 3.05) is 13.2 Å². The lowest BCUT2D eigenvalue weighted by molar-refractivity contribution is -0.154. The minimum Gasteiger partial charge on any atom is -0.459 e. The molecule has 1 rings (SSSR count). The van der Waals surface area contributed by atoms with Crippen LogP contribution in [0.1, 0.15) is 111 Å². The number of carbonyl (C=O) groups is 1. The van der Waals surface area contributed by atoms with Crippen LogP contribution in [-0.4, -0.2) is 40.6 Å². The van der Waals surface area contributed by atoms with Crippen LogP contribution in [0, 0.1) is 0 Å². The number of hydrogen-bond acceptors (Lipinski definition) is 8. The van der Waals surface area contributed by atoms with E-state index in [9.17, 15) is 9.36 Å². The van der Waals surface area contributed by atoms with Crippen LogP contribution in [0.2, 0.25) is 0 Å². The second-order valence-corrected chi connectivity index (χ2v) is 11.5. The molecular weight excluding hydrogens is 443 g/mol. The van der Waals surface area contributed by atoms with E-state index in [1.807, 2.05) is 0 Å². The van der Waals surface area contributed by atoms with E-state index in [2.05, 4.69) is 17.1 Å². The third-order valence-electron chi connectivity index (χ3n) is 5.06. The van der Waals surface area contributed by atoms with Crippen LogP contribution < -0.4 is 0 Å². The maximum Gasteiger partial charge on any atom is 0.345 e. The second kappa shape index (κ2) is 15.6. The van der Waals surface area contributed by atoms with Gasteiger partial charge in [0.2, 0.25) is 5.89 Å². The monoisotopic (exact) mass is 488 g/mol. The number of unbranched alkanes of at least 4 members (excludes halogenated alkanes) is 8. The fourth-order valence-electron chi connectivity index (χ4n) is 3.50. The molecule has 1 heterocycles. The van der Waals surface area contributed by atoms with Gasteiger partial charge in [0.1, 0.15) is 5.60 Å². The van der Waals surface area contributed by atoms with E-state index < -0.39 is 24.8 Å². The normalized spacial score (nSPS) is 13.3. The summed E-state index contributed by atoms with van der Waals surface area (Å²) in [5.41, 5.74) is -1.91. The molecule has 0 saturated heterocycles. The zero-order valence-corrected chi connectivity index (χ0v) is 22.5. The van der Waals surface area contributed by atoms with Crippen LogP contribution in [0.4, 0.5) is 0 Å². The Balaban J connectivity index is 2.67. The van der Waals surface area contributed by atoms with E-state index in [-0.39, 0.29) is 25.5 Å². The van der Waals surface area contributed by atoms with Crippen molar-refractivity contribution in [3.05, 3.63) is 11.7 Å². The second-order valence-electron chi connectivity index (χ2n) is 9.31. The summed E-state index contributed by atoms with van der Waals surface area (Å²) >= 11 is 0. The number of carbonyl (C=O) groups excluding carboxylic acids is 1. The van der Waals surface area contributed by atoms with Gasteiger partial charge in [-0.25, -0.2) is 0 Å². The number of aromatic nitrogens is 2. The standard InChI is InChI=1S/C24H45N2O6P/c1-7-10-11-12-13-14-15-16-17-18-21-25-22(32-26-21)19-20(23(27)31-24(4,5)6)33(28,29-8-2)30-9-3/h20H,7-19H2,1-6H3. The Hall–Kier alpha value is -1.24. The van der Waals surface area contributed by atoms with Gasteiger partial charge in [-0.05, 0) is 41.0 Å². The largest absolute Gasteiger partial charge is 0.459 e. The van der Waals surface area contributed by atoms with Gasteiger partial charge in [-0.15, -0.1) is 0 Å². The number of ether oxygens (including phenoxy) is 1. The molecule has 192 valence electrons. The Bertz CT molecular complexity index is 706. The molecule has 0 aliphatic rings. The summed E-state index contributed by atoms with van der Waals surface area (Å²) in [5.74, 6) is 0.168. The predicted octanol–water partition coefficient (Wildman–Crippen LogP) is 6.66. The predicted molar refractivity (Wildman–Crippen MR) is 129 cm³/mol. The molecule has 0 aliphatic carbocycles. The molecule has 1 atom stereocenters. The fourth-order valence-corrected chi connectivity index (χ4v) is 5.35. The average molecular weight is 489 g/mol. The first kappa shape index (κ1) is 29.8. The molecular formula is C24H45N2O6P. The number of aryl methyl sites for hydroxylation is 1. The minimum absolute atomic E-state index is 0.0586. The molecule has 33 heavy (non-hydrogen) atoms. The molecule has 0 bridgehead atoms. The number of esters is 1. The van der Waals surface area contributed by atoms with E-state index in [4.69, 9.17) is 18.3 Å². The average Bonchev–Trinajstić information content (AvgIpc) is 3.17. The molecule has 9 heteroatoms. The van der Waals surface area contributed by atoms with Crippen molar-refractivity contribution < 1.29 is 27.7 Å². The van der Waals surface area contributed by atoms with Crippen LogP contribution in [0.25, 0.3) is 0 Å². The highest BCUT2D eigenvalue weighted by molar-refractivity contribution is 7.55. The number of rotatable bonds is 18. The van der Waals surface area contributed by atoms with E-state index in [0.717, 1.165) is 12.8 Å². The molecule has 1 aromatic rings. The molecule has 8 nitrogen and oxygen atoms in total. The smallest absolute Gasteiger partial charge is 0.345 e. The molecule has 0 N–H and O–H groups in total. The Morgan fingerprint density at radius 1 is 0.939 bits per heavy atom. The third kappa shape index (κ3) is 12.2. The molecule has 1 unspecified atom stereocenters. The minimum atomic E-state index is -3.77. The van der Waals surface area contributed by atoms with Crippen LogP contribution in [0.15, 0.2) is 4.52 Å². The third-order valence-corrected chi connectivity index (χ3v) is 7.45. The van der Waals surface area contributed by atoms with E-state index >= 15 is 0 Å². The first-order valence-corrected chi connectivity index (χ1v) is 14.2. The summed E-state index contributed by atoms with van der Waals surface area (Å²) in [4.78, 5) is 17.3. The van der Waals surface area contributed by atoms with Gasteiger partial charge in [-0.1, -0.05) is 63.4 Å². The SMILES string of the molecule is CCCCCCCCCCCc1noc(CC(C(=O)OC(C)(C)C)P(=O)(OCC)OCC)n1. The Labute approximate surface area is 200 Å². The highest BCUT2D eigenvalue weighted by Gasteiger charge is 2.44. The summed E-state index contributed by atoms with van der Waals surface area (Å²) in [6.07, 6.45) is 11.8.